The molecule has 1 aliphatic rings. The normalized spacial score (nSPS) is 13.5. The molecule has 0 unspecified atom stereocenters. The minimum absolute atomic E-state index is 0.0857. The number of nitrogens with zero attached hydrogens (tertiary/aromatic N) is 1. The molecule has 1 heterocycles. The molecular weight excluding hydrogens is 348 g/mol. The maximum atomic E-state index is 12.6. The topological polar surface area (TPSA) is 66.5 Å². The Morgan fingerprint density at radius 3 is 2.62 bits per heavy atom. The van der Waals surface area contributed by atoms with E-state index < -0.39 is 10.0 Å². The van der Waals surface area contributed by atoms with Gasteiger partial charge in [-0.15, -0.1) is 0 Å². The highest BCUT2D eigenvalue weighted by molar-refractivity contribution is 7.92. The number of amides is 1. The fraction of sp³-hybridized carbons (Fsp3) is 0.350. The number of hydrogen-bond donors (Lipinski definition) is 1. The second kappa shape index (κ2) is 7.91. The highest BCUT2D eigenvalue weighted by Gasteiger charge is 2.28. The summed E-state index contributed by atoms with van der Waals surface area (Å²) in [6, 6.07) is 15.6. The number of carbonyl (C=O) groups is 1. The maximum Gasteiger partial charge on any atom is 0.236 e. The quantitative estimate of drug-likeness (QED) is 0.812. The van der Waals surface area contributed by atoms with Crippen LogP contribution in [0.1, 0.15) is 23.1 Å². The molecule has 0 atom stereocenters. The molecule has 0 aromatic heterocycles. The van der Waals surface area contributed by atoms with Crippen LogP contribution in [0.2, 0.25) is 0 Å². The van der Waals surface area contributed by atoms with Crippen LogP contribution in [-0.4, -0.2) is 33.2 Å². The standard InChI is InChI=1S/C20H24N2O3S/c1-16-6-8-17(9-7-16)10-11-20(23)21-13-15-26(24,25)22-14-12-18-4-2-3-5-19(18)22/h2-9H,10-15H2,1H3,(H,21,23). The van der Waals surface area contributed by atoms with Gasteiger partial charge in [-0.2, -0.15) is 0 Å². The molecule has 3 rings (SSSR count). The van der Waals surface area contributed by atoms with Crippen LogP contribution in [0, 0.1) is 6.92 Å². The molecule has 2 aromatic rings. The van der Waals surface area contributed by atoms with Gasteiger partial charge < -0.3 is 5.32 Å². The highest BCUT2D eigenvalue weighted by Crippen LogP contribution is 2.29. The molecule has 1 N–H and O–H groups in total. The van der Waals surface area contributed by atoms with E-state index in [1.54, 1.807) is 0 Å². The van der Waals surface area contributed by atoms with Gasteiger partial charge in [0.1, 0.15) is 0 Å². The molecule has 26 heavy (non-hydrogen) atoms. The van der Waals surface area contributed by atoms with Crippen molar-refractivity contribution in [3.05, 3.63) is 65.2 Å². The number of anilines is 1. The zero-order chi connectivity index (χ0) is 18.6. The zero-order valence-corrected chi connectivity index (χ0v) is 15.8. The second-order valence-electron chi connectivity index (χ2n) is 6.60. The number of hydrogen-bond acceptors (Lipinski definition) is 3. The molecular formula is C20H24N2O3S. The Morgan fingerprint density at radius 1 is 1.12 bits per heavy atom. The molecule has 138 valence electrons. The fourth-order valence-corrected chi connectivity index (χ4v) is 4.56. The van der Waals surface area contributed by atoms with Crippen LogP contribution in [0.3, 0.4) is 0 Å². The van der Waals surface area contributed by atoms with E-state index in [9.17, 15) is 13.2 Å². The fourth-order valence-electron chi connectivity index (χ4n) is 3.13. The third-order valence-electron chi connectivity index (χ3n) is 4.62. The van der Waals surface area contributed by atoms with E-state index in [1.165, 1.54) is 9.87 Å². The second-order valence-corrected chi connectivity index (χ2v) is 8.62. The summed E-state index contributed by atoms with van der Waals surface area (Å²) < 4.78 is 26.6. The Labute approximate surface area is 155 Å². The Bertz CT molecular complexity index is 876. The number of para-hydroxylation sites is 1. The van der Waals surface area contributed by atoms with Crippen molar-refractivity contribution in [2.75, 3.05) is 23.1 Å². The molecule has 2 aromatic carbocycles. The van der Waals surface area contributed by atoms with Crippen molar-refractivity contribution in [3.8, 4) is 0 Å². The first-order valence-corrected chi connectivity index (χ1v) is 10.5. The highest BCUT2D eigenvalue weighted by atomic mass is 32.2. The van der Waals surface area contributed by atoms with E-state index in [0.29, 0.717) is 19.4 Å². The van der Waals surface area contributed by atoms with Gasteiger partial charge in [-0.1, -0.05) is 48.0 Å². The summed E-state index contributed by atoms with van der Waals surface area (Å²) >= 11 is 0. The molecule has 1 amide bonds. The molecule has 5 nitrogen and oxygen atoms in total. The smallest absolute Gasteiger partial charge is 0.236 e. The molecule has 6 heteroatoms. The van der Waals surface area contributed by atoms with Crippen LogP contribution in [0.25, 0.3) is 0 Å². The number of sulfonamides is 1. The van der Waals surface area contributed by atoms with Crippen molar-refractivity contribution >= 4 is 21.6 Å². The molecule has 0 saturated carbocycles. The first-order chi connectivity index (χ1) is 12.5. The lowest BCUT2D eigenvalue weighted by Gasteiger charge is -2.19. The number of aryl methyl sites for hydroxylation is 2. The van der Waals surface area contributed by atoms with Crippen molar-refractivity contribution in [2.45, 2.75) is 26.2 Å². The average molecular weight is 372 g/mol. The summed E-state index contributed by atoms with van der Waals surface area (Å²) in [5.41, 5.74) is 4.11. The van der Waals surface area contributed by atoms with Crippen molar-refractivity contribution in [2.24, 2.45) is 0 Å². The average Bonchev–Trinajstić information content (AvgIpc) is 3.06. The van der Waals surface area contributed by atoms with Crippen molar-refractivity contribution in [1.82, 2.24) is 5.32 Å². The van der Waals surface area contributed by atoms with Crippen LogP contribution in [-0.2, 0) is 27.7 Å². The van der Waals surface area contributed by atoms with Crippen LogP contribution >= 0.6 is 0 Å². The van der Waals surface area contributed by atoms with Crippen LogP contribution < -0.4 is 9.62 Å². The van der Waals surface area contributed by atoms with Crippen molar-refractivity contribution in [3.63, 3.8) is 0 Å². The minimum Gasteiger partial charge on any atom is -0.355 e. The maximum absolute atomic E-state index is 12.6. The van der Waals surface area contributed by atoms with E-state index in [1.807, 2.05) is 55.5 Å². The Hall–Kier alpha value is -2.34. The minimum atomic E-state index is -3.42. The summed E-state index contributed by atoms with van der Waals surface area (Å²) in [6.07, 6.45) is 1.74. The van der Waals surface area contributed by atoms with Gasteiger partial charge in [0.2, 0.25) is 15.9 Å². The Balaban J connectivity index is 1.46. The molecule has 1 aliphatic heterocycles. The zero-order valence-electron chi connectivity index (χ0n) is 14.9. The predicted molar refractivity (Wildman–Crippen MR) is 104 cm³/mol. The number of fused-ring (bicyclic) bond motifs is 1. The lowest BCUT2D eigenvalue weighted by atomic mass is 10.1. The summed E-state index contributed by atoms with van der Waals surface area (Å²) in [6.45, 7) is 2.63. The van der Waals surface area contributed by atoms with Gasteiger partial charge >= 0.3 is 0 Å². The summed E-state index contributed by atoms with van der Waals surface area (Å²) in [4.78, 5) is 12.0. The SMILES string of the molecule is Cc1ccc(CCC(=O)NCCS(=O)(=O)N2CCc3ccccc32)cc1. The van der Waals surface area contributed by atoms with Gasteiger partial charge in [-0.05, 0) is 37.0 Å². The van der Waals surface area contributed by atoms with Gasteiger partial charge in [0.25, 0.3) is 0 Å². The summed E-state index contributed by atoms with van der Waals surface area (Å²) in [5.74, 6) is -0.208. The van der Waals surface area contributed by atoms with Crippen molar-refractivity contribution < 1.29 is 13.2 Å². The first kappa shape index (κ1) is 18.5. The molecule has 0 spiro atoms. The van der Waals surface area contributed by atoms with Gasteiger partial charge in [0.05, 0.1) is 11.4 Å². The number of benzene rings is 2. The largest absolute Gasteiger partial charge is 0.355 e. The molecule has 0 saturated heterocycles. The van der Waals surface area contributed by atoms with Crippen LogP contribution in [0.5, 0.6) is 0 Å². The third kappa shape index (κ3) is 4.43. The monoisotopic (exact) mass is 372 g/mol. The van der Waals surface area contributed by atoms with Crippen LogP contribution in [0.4, 0.5) is 5.69 Å². The number of carbonyl (C=O) groups excluding carboxylic acids is 1. The molecule has 0 radical (unpaired) electrons. The predicted octanol–water partition coefficient (Wildman–Crippen LogP) is 2.44. The van der Waals surface area contributed by atoms with E-state index in [4.69, 9.17) is 0 Å². The number of rotatable bonds is 7. The summed E-state index contributed by atoms with van der Waals surface area (Å²) in [5, 5.41) is 2.72. The van der Waals surface area contributed by atoms with Crippen LogP contribution in [0.15, 0.2) is 48.5 Å². The van der Waals surface area contributed by atoms with Gasteiger partial charge in [0.15, 0.2) is 0 Å². The lowest BCUT2D eigenvalue weighted by Crippen LogP contribution is -2.37. The third-order valence-corrected chi connectivity index (χ3v) is 6.39. The van der Waals surface area contributed by atoms with Gasteiger partial charge in [-0.25, -0.2) is 8.42 Å². The van der Waals surface area contributed by atoms with E-state index in [-0.39, 0.29) is 18.2 Å². The van der Waals surface area contributed by atoms with E-state index in [0.717, 1.165) is 23.2 Å². The van der Waals surface area contributed by atoms with E-state index >= 15 is 0 Å². The van der Waals surface area contributed by atoms with Gasteiger partial charge in [0, 0.05) is 19.5 Å². The number of nitrogens with one attached hydrogen (secondary N) is 1. The Morgan fingerprint density at radius 2 is 1.85 bits per heavy atom. The molecule has 0 aliphatic carbocycles. The first-order valence-electron chi connectivity index (χ1n) is 8.86. The van der Waals surface area contributed by atoms with E-state index in [2.05, 4.69) is 5.32 Å². The van der Waals surface area contributed by atoms with Crippen molar-refractivity contribution in [1.29, 1.82) is 0 Å². The van der Waals surface area contributed by atoms with Gasteiger partial charge in [-0.3, -0.25) is 9.10 Å². The lowest BCUT2D eigenvalue weighted by molar-refractivity contribution is -0.120. The Kier molecular flexibility index (Phi) is 5.61. The molecule has 0 fully saturated rings. The molecule has 0 bridgehead atoms. The summed E-state index contributed by atoms with van der Waals surface area (Å²) in [7, 11) is -3.42.